The molecule has 0 saturated carbocycles. The van der Waals surface area contributed by atoms with Crippen LogP contribution in [0.1, 0.15) is 24.6 Å². The molecule has 6 heteroatoms. The van der Waals surface area contributed by atoms with Crippen LogP contribution in [-0.2, 0) is 22.9 Å². The Morgan fingerprint density at radius 3 is 2.71 bits per heavy atom. The molecule has 0 saturated heterocycles. The van der Waals surface area contributed by atoms with Crippen molar-refractivity contribution < 1.29 is 8.42 Å². The Morgan fingerprint density at radius 1 is 1.41 bits per heavy atom. The van der Waals surface area contributed by atoms with Crippen molar-refractivity contribution in [1.82, 2.24) is 15.1 Å². The summed E-state index contributed by atoms with van der Waals surface area (Å²) in [6.45, 7) is 5.00. The molecule has 0 bridgehead atoms. The van der Waals surface area contributed by atoms with Crippen LogP contribution in [-0.4, -0.2) is 36.8 Å². The molecule has 1 N–H and O–H groups in total. The standard InChI is InChI=1S/C11H21N3O2S/c1-4-6-17(15,16)7-5-14-9-11(8-12-3)10(2)13-14/h9,12H,4-8H2,1-3H3. The fraction of sp³-hybridized carbons (Fsp3) is 0.727. The highest BCUT2D eigenvalue weighted by molar-refractivity contribution is 7.91. The summed E-state index contributed by atoms with van der Waals surface area (Å²) in [6, 6.07) is 0. The molecule has 1 heterocycles. The van der Waals surface area contributed by atoms with Crippen molar-refractivity contribution in [2.75, 3.05) is 18.6 Å². The summed E-state index contributed by atoms with van der Waals surface area (Å²) in [5.74, 6) is 0.428. The first-order chi connectivity index (χ1) is 7.98. The number of nitrogens with zero attached hydrogens (tertiary/aromatic N) is 2. The lowest BCUT2D eigenvalue weighted by atomic mass is 10.3. The lowest BCUT2D eigenvalue weighted by Gasteiger charge is -2.02. The van der Waals surface area contributed by atoms with Crippen LogP contribution in [0.3, 0.4) is 0 Å². The third-order valence-electron chi connectivity index (χ3n) is 2.56. The van der Waals surface area contributed by atoms with E-state index in [9.17, 15) is 8.42 Å². The number of rotatable bonds is 7. The smallest absolute Gasteiger partial charge is 0.152 e. The van der Waals surface area contributed by atoms with Gasteiger partial charge in [-0.3, -0.25) is 4.68 Å². The molecule has 1 aromatic rings. The second kappa shape index (κ2) is 6.16. The highest BCUT2D eigenvalue weighted by atomic mass is 32.2. The molecule has 0 fully saturated rings. The van der Waals surface area contributed by atoms with Crippen LogP contribution in [0.5, 0.6) is 0 Å². The van der Waals surface area contributed by atoms with E-state index in [1.807, 2.05) is 27.1 Å². The molecule has 0 aliphatic heterocycles. The van der Waals surface area contributed by atoms with E-state index in [-0.39, 0.29) is 11.5 Å². The Balaban J connectivity index is 2.61. The number of aromatic nitrogens is 2. The SMILES string of the molecule is CCCS(=O)(=O)CCn1cc(CNC)c(C)n1. The van der Waals surface area contributed by atoms with Crippen LogP contribution < -0.4 is 5.32 Å². The van der Waals surface area contributed by atoms with E-state index in [0.717, 1.165) is 17.8 Å². The van der Waals surface area contributed by atoms with E-state index in [2.05, 4.69) is 10.4 Å². The third-order valence-corrected chi connectivity index (χ3v) is 4.40. The van der Waals surface area contributed by atoms with E-state index in [1.54, 1.807) is 4.68 Å². The molecule has 0 radical (unpaired) electrons. The summed E-state index contributed by atoms with van der Waals surface area (Å²) < 4.78 is 24.9. The molecule has 17 heavy (non-hydrogen) atoms. The number of hydrogen-bond donors (Lipinski definition) is 1. The average Bonchev–Trinajstić information content (AvgIpc) is 2.58. The van der Waals surface area contributed by atoms with Gasteiger partial charge in [-0.05, 0) is 20.4 Å². The molecule has 0 unspecified atom stereocenters. The van der Waals surface area contributed by atoms with Crippen molar-refractivity contribution in [2.45, 2.75) is 33.4 Å². The third kappa shape index (κ3) is 4.47. The van der Waals surface area contributed by atoms with Gasteiger partial charge in [0, 0.05) is 24.1 Å². The maximum absolute atomic E-state index is 11.6. The summed E-state index contributed by atoms with van der Waals surface area (Å²) in [5.41, 5.74) is 2.06. The predicted octanol–water partition coefficient (Wildman–Crippen LogP) is 0.736. The highest BCUT2D eigenvalue weighted by Gasteiger charge is 2.10. The summed E-state index contributed by atoms with van der Waals surface area (Å²) >= 11 is 0. The van der Waals surface area contributed by atoms with Gasteiger partial charge in [-0.25, -0.2) is 8.42 Å². The van der Waals surface area contributed by atoms with Crippen molar-refractivity contribution >= 4 is 9.84 Å². The van der Waals surface area contributed by atoms with Gasteiger partial charge in [0.1, 0.15) is 0 Å². The molecule has 0 aliphatic carbocycles. The molecule has 1 rings (SSSR count). The van der Waals surface area contributed by atoms with Gasteiger partial charge in [-0.1, -0.05) is 6.92 Å². The maximum atomic E-state index is 11.6. The first-order valence-corrected chi connectivity index (χ1v) is 7.68. The van der Waals surface area contributed by atoms with Gasteiger partial charge < -0.3 is 5.32 Å². The molecule has 0 aliphatic rings. The van der Waals surface area contributed by atoms with E-state index in [4.69, 9.17) is 0 Å². The van der Waals surface area contributed by atoms with Crippen molar-refractivity contribution in [2.24, 2.45) is 0 Å². The summed E-state index contributed by atoms with van der Waals surface area (Å²) in [5, 5.41) is 7.36. The molecule has 0 spiro atoms. The normalized spacial score (nSPS) is 11.9. The fourth-order valence-corrected chi connectivity index (χ4v) is 2.97. The van der Waals surface area contributed by atoms with Crippen molar-refractivity contribution in [3.8, 4) is 0 Å². The van der Waals surface area contributed by atoms with Crippen molar-refractivity contribution in [3.05, 3.63) is 17.5 Å². The van der Waals surface area contributed by atoms with Gasteiger partial charge in [0.2, 0.25) is 0 Å². The van der Waals surface area contributed by atoms with Crippen LogP contribution in [0, 0.1) is 6.92 Å². The van der Waals surface area contributed by atoms with E-state index >= 15 is 0 Å². The van der Waals surface area contributed by atoms with Crippen molar-refractivity contribution in [3.63, 3.8) is 0 Å². The van der Waals surface area contributed by atoms with E-state index in [1.165, 1.54) is 0 Å². The quantitative estimate of drug-likeness (QED) is 0.784. The molecular weight excluding hydrogens is 238 g/mol. The Labute approximate surface area is 103 Å². The Kier molecular flexibility index (Phi) is 5.14. The fourth-order valence-electron chi connectivity index (χ4n) is 1.68. The monoisotopic (exact) mass is 259 g/mol. The average molecular weight is 259 g/mol. The summed E-state index contributed by atoms with van der Waals surface area (Å²) in [7, 11) is -1.04. The number of hydrogen-bond acceptors (Lipinski definition) is 4. The van der Waals surface area contributed by atoms with E-state index < -0.39 is 9.84 Å². The molecule has 0 atom stereocenters. The Hall–Kier alpha value is -0.880. The van der Waals surface area contributed by atoms with Gasteiger partial charge >= 0.3 is 0 Å². The maximum Gasteiger partial charge on any atom is 0.152 e. The number of nitrogens with one attached hydrogen (secondary N) is 1. The van der Waals surface area contributed by atoms with Gasteiger partial charge in [-0.15, -0.1) is 0 Å². The largest absolute Gasteiger partial charge is 0.316 e. The molecule has 5 nitrogen and oxygen atoms in total. The lowest BCUT2D eigenvalue weighted by molar-refractivity contribution is 0.578. The first-order valence-electron chi connectivity index (χ1n) is 5.86. The van der Waals surface area contributed by atoms with Crippen LogP contribution in [0.4, 0.5) is 0 Å². The summed E-state index contributed by atoms with van der Waals surface area (Å²) in [6.07, 6.45) is 2.58. The predicted molar refractivity (Wildman–Crippen MR) is 68.7 cm³/mol. The zero-order chi connectivity index (χ0) is 12.9. The molecule has 0 amide bonds. The minimum atomic E-state index is -2.92. The summed E-state index contributed by atoms with van der Waals surface area (Å²) in [4.78, 5) is 0. The van der Waals surface area contributed by atoms with Crippen LogP contribution in [0.25, 0.3) is 0 Å². The Morgan fingerprint density at radius 2 is 2.12 bits per heavy atom. The van der Waals surface area contributed by atoms with E-state index in [0.29, 0.717) is 13.0 Å². The zero-order valence-electron chi connectivity index (χ0n) is 10.7. The number of aryl methyl sites for hydroxylation is 2. The molecule has 0 aromatic carbocycles. The van der Waals surface area contributed by atoms with Crippen molar-refractivity contribution in [1.29, 1.82) is 0 Å². The molecule has 1 aromatic heterocycles. The highest BCUT2D eigenvalue weighted by Crippen LogP contribution is 2.05. The minimum absolute atomic E-state index is 0.168. The number of sulfone groups is 1. The molecule has 98 valence electrons. The lowest BCUT2D eigenvalue weighted by Crippen LogP contribution is -2.16. The van der Waals surface area contributed by atoms with Gasteiger partial charge in [0.15, 0.2) is 9.84 Å². The second-order valence-corrected chi connectivity index (χ2v) is 6.49. The van der Waals surface area contributed by atoms with Crippen LogP contribution >= 0.6 is 0 Å². The van der Waals surface area contributed by atoms with Gasteiger partial charge in [-0.2, -0.15) is 5.10 Å². The molecular formula is C11H21N3O2S. The zero-order valence-corrected chi connectivity index (χ0v) is 11.5. The van der Waals surface area contributed by atoms with Gasteiger partial charge in [0.05, 0.1) is 18.0 Å². The van der Waals surface area contributed by atoms with Gasteiger partial charge in [0.25, 0.3) is 0 Å². The minimum Gasteiger partial charge on any atom is -0.316 e. The topological polar surface area (TPSA) is 64.0 Å². The van der Waals surface area contributed by atoms with Crippen LogP contribution in [0.15, 0.2) is 6.20 Å². The van der Waals surface area contributed by atoms with Crippen LogP contribution in [0.2, 0.25) is 0 Å². The second-order valence-electron chi connectivity index (χ2n) is 4.18. The first kappa shape index (κ1) is 14.2. The Bertz CT molecular complexity index is 451.